The molecule has 0 heterocycles. The van der Waals surface area contributed by atoms with E-state index in [1.807, 2.05) is 0 Å². The second-order valence-electron chi connectivity index (χ2n) is 3.08. The smallest absolute Gasteiger partial charge is 0.307 e. The first-order valence-electron chi connectivity index (χ1n) is 3.50. The summed E-state index contributed by atoms with van der Waals surface area (Å²) in [6, 6.07) is 0. The molecule has 0 amide bonds. The van der Waals surface area contributed by atoms with E-state index in [0.29, 0.717) is 0 Å². The highest BCUT2D eigenvalue weighted by molar-refractivity contribution is 5.71. The summed E-state index contributed by atoms with van der Waals surface area (Å²) in [5.74, 6) is -1.69. The normalized spacial score (nSPS) is 33.9. The maximum Gasteiger partial charge on any atom is 0.307 e. The van der Waals surface area contributed by atoms with E-state index in [9.17, 15) is 14.9 Å². The minimum Gasteiger partial charge on any atom is -0.481 e. The lowest BCUT2D eigenvalue weighted by Gasteiger charge is -2.36. The van der Waals surface area contributed by atoms with Crippen molar-refractivity contribution < 1.29 is 19.9 Å². The molecule has 0 saturated heterocycles. The molecule has 68 valence electrons. The molecular weight excluding hydrogens is 166 g/mol. The summed E-state index contributed by atoms with van der Waals surface area (Å²) < 4.78 is 0. The van der Waals surface area contributed by atoms with Gasteiger partial charge in [0.05, 0.1) is 5.92 Å². The summed E-state index contributed by atoms with van der Waals surface area (Å²) >= 11 is 0. The highest BCUT2D eigenvalue weighted by atomic mass is 16.6. The number of rotatable bonds is 3. The van der Waals surface area contributed by atoms with Crippen LogP contribution in [0.15, 0.2) is 0 Å². The van der Waals surface area contributed by atoms with Crippen molar-refractivity contribution in [2.24, 2.45) is 5.92 Å². The van der Waals surface area contributed by atoms with E-state index in [-0.39, 0.29) is 12.8 Å². The SMILES string of the molecule is O=C(O)[C@H]1C[C@@](CO)([N+](=O)[O-])C1. The van der Waals surface area contributed by atoms with E-state index in [0.717, 1.165) is 0 Å². The molecule has 0 aromatic carbocycles. The third kappa shape index (κ3) is 1.14. The van der Waals surface area contributed by atoms with Crippen LogP contribution in [0.4, 0.5) is 0 Å². The van der Waals surface area contributed by atoms with Gasteiger partial charge in [0, 0.05) is 17.8 Å². The molecule has 0 aromatic heterocycles. The summed E-state index contributed by atoms with van der Waals surface area (Å²) in [6.07, 6.45) is -0.127. The molecular formula is C6H9NO5. The maximum absolute atomic E-state index is 10.4. The number of carbonyl (C=O) groups is 1. The number of aliphatic carboxylic acids is 1. The fourth-order valence-corrected chi connectivity index (χ4v) is 1.37. The Kier molecular flexibility index (Phi) is 2.01. The van der Waals surface area contributed by atoms with Crippen LogP contribution < -0.4 is 0 Å². The Morgan fingerprint density at radius 1 is 1.67 bits per heavy atom. The average Bonchev–Trinajstić information content (AvgIpc) is 1.84. The number of aliphatic hydroxyl groups excluding tert-OH is 1. The summed E-state index contributed by atoms with van der Waals surface area (Å²) in [5.41, 5.74) is -1.39. The van der Waals surface area contributed by atoms with Gasteiger partial charge in [0.1, 0.15) is 6.61 Å². The van der Waals surface area contributed by atoms with E-state index in [1.54, 1.807) is 0 Å². The van der Waals surface area contributed by atoms with Crippen molar-refractivity contribution in [3.05, 3.63) is 10.1 Å². The molecule has 0 unspecified atom stereocenters. The lowest BCUT2D eigenvalue weighted by atomic mass is 9.69. The van der Waals surface area contributed by atoms with Crippen molar-refractivity contribution in [1.29, 1.82) is 0 Å². The molecule has 0 bridgehead atoms. The summed E-state index contributed by atoms with van der Waals surface area (Å²) in [4.78, 5) is 20.1. The Hall–Kier alpha value is -1.17. The third-order valence-corrected chi connectivity index (χ3v) is 2.28. The van der Waals surface area contributed by atoms with Crippen molar-refractivity contribution >= 4 is 5.97 Å². The van der Waals surface area contributed by atoms with Crippen LogP contribution in [0.25, 0.3) is 0 Å². The Morgan fingerprint density at radius 3 is 2.42 bits per heavy atom. The van der Waals surface area contributed by atoms with Gasteiger partial charge in [-0.05, 0) is 0 Å². The van der Waals surface area contributed by atoms with Gasteiger partial charge in [0.2, 0.25) is 5.54 Å². The zero-order chi connectivity index (χ0) is 9.35. The molecule has 0 atom stereocenters. The summed E-state index contributed by atoms with van der Waals surface area (Å²) in [5, 5.41) is 27.5. The van der Waals surface area contributed by atoms with Crippen molar-refractivity contribution in [3.63, 3.8) is 0 Å². The largest absolute Gasteiger partial charge is 0.481 e. The van der Waals surface area contributed by atoms with Crippen LogP contribution in [-0.2, 0) is 4.79 Å². The monoisotopic (exact) mass is 175 g/mol. The number of carboxylic acids is 1. The standard InChI is InChI=1S/C6H9NO5/c8-3-6(7(11)12)1-4(2-6)5(9)10/h4,8H,1-3H2,(H,9,10)/t4-,6+. The minimum atomic E-state index is -1.39. The Balaban J connectivity index is 2.58. The van der Waals surface area contributed by atoms with Crippen molar-refractivity contribution in [2.45, 2.75) is 18.4 Å². The third-order valence-electron chi connectivity index (χ3n) is 2.28. The molecule has 0 aromatic rings. The molecule has 1 saturated carbocycles. The van der Waals surface area contributed by atoms with E-state index in [2.05, 4.69) is 0 Å². The number of nitrogens with zero attached hydrogens (tertiary/aromatic N) is 1. The quantitative estimate of drug-likeness (QED) is 0.444. The molecule has 0 radical (unpaired) electrons. The molecule has 1 fully saturated rings. The van der Waals surface area contributed by atoms with Crippen LogP contribution >= 0.6 is 0 Å². The second-order valence-corrected chi connectivity index (χ2v) is 3.08. The maximum atomic E-state index is 10.4. The predicted octanol–water partition coefficient (Wildman–Crippen LogP) is -0.511. The van der Waals surface area contributed by atoms with Gasteiger partial charge >= 0.3 is 5.97 Å². The number of nitro groups is 1. The second kappa shape index (κ2) is 2.71. The predicted molar refractivity (Wildman–Crippen MR) is 37.2 cm³/mol. The van der Waals surface area contributed by atoms with Crippen LogP contribution in [-0.4, -0.2) is 33.3 Å². The van der Waals surface area contributed by atoms with Crippen molar-refractivity contribution in [3.8, 4) is 0 Å². The molecule has 1 rings (SSSR count). The zero-order valence-electron chi connectivity index (χ0n) is 6.27. The molecule has 1 aliphatic rings. The van der Waals surface area contributed by atoms with Crippen LogP contribution in [0.5, 0.6) is 0 Å². The Morgan fingerprint density at radius 2 is 2.17 bits per heavy atom. The number of hydrogen-bond donors (Lipinski definition) is 2. The summed E-state index contributed by atoms with van der Waals surface area (Å²) in [6.45, 7) is -0.580. The zero-order valence-corrected chi connectivity index (χ0v) is 6.27. The lowest BCUT2D eigenvalue weighted by Crippen LogP contribution is -2.55. The number of hydrogen-bond acceptors (Lipinski definition) is 4. The molecule has 0 aliphatic heterocycles. The van der Waals surface area contributed by atoms with Gasteiger partial charge in [0.25, 0.3) is 0 Å². The molecule has 1 aliphatic carbocycles. The van der Waals surface area contributed by atoms with Crippen LogP contribution in [0.2, 0.25) is 0 Å². The van der Waals surface area contributed by atoms with Crippen LogP contribution in [0, 0.1) is 16.0 Å². The van der Waals surface area contributed by atoms with E-state index in [4.69, 9.17) is 10.2 Å². The first kappa shape index (κ1) is 8.92. The first-order chi connectivity index (χ1) is 5.52. The number of aliphatic hydroxyl groups is 1. The van der Waals surface area contributed by atoms with E-state index in [1.165, 1.54) is 0 Å². The highest BCUT2D eigenvalue weighted by Crippen LogP contribution is 2.39. The lowest BCUT2D eigenvalue weighted by molar-refractivity contribution is -0.593. The van der Waals surface area contributed by atoms with Gasteiger partial charge in [-0.25, -0.2) is 0 Å². The highest BCUT2D eigenvalue weighted by Gasteiger charge is 2.57. The van der Waals surface area contributed by atoms with Crippen molar-refractivity contribution in [2.75, 3.05) is 6.61 Å². The van der Waals surface area contributed by atoms with E-state index >= 15 is 0 Å². The van der Waals surface area contributed by atoms with Gasteiger partial charge in [-0.2, -0.15) is 0 Å². The topological polar surface area (TPSA) is 101 Å². The fraction of sp³-hybridized carbons (Fsp3) is 0.833. The molecule has 0 spiro atoms. The Labute approximate surface area is 68.0 Å². The van der Waals surface area contributed by atoms with Crippen molar-refractivity contribution in [1.82, 2.24) is 0 Å². The van der Waals surface area contributed by atoms with E-state index < -0.39 is 29.0 Å². The molecule has 6 heteroatoms. The average molecular weight is 175 g/mol. The fourth-order valence-electron chi connectivity index (χ4n) is 1.37. The summed E-state index contributed by atoms with van der Waals surface area (Å²) in [7, 11) is 0. The Bertz CT molecular complexity index is 220. The van der Waals surface area contributed by atoms with Gasteiger partial charge in [-0.15, -0.1) is 0 Å². The van der Waals surface area contributed by atoms with Gasteiger partial charge in [-0.1, -0.05) is 0 Å². The molecule has 2 N–H and O–H groups in total. The van der Waals surface area contributed by atoms with Crippen LogP contribution in [0.3, 0.4) is 0 Å². The van der Waals surface area contributed by atoms with Gasteiger partial charge in [0.15, 0.2) is 0 Å². The molecule has 6 nitrogen and oxygen atoms in total. The van der Waals surface area contributed by atoms with Gasteiger partial charge < -0.3 is 10.2 Å². The first-order valence-corrected chi connectivity index (χ1v) is 3.50. The van der Waals surface area contributed by atoms with Crippen LogP contribution in [0.1, 0.15) is 12.8 Å². The molecule has 12 heavy (non-hydrogen) atoms. The minimum absolute atomic E-state index is 0.0637. The number of carboxylic acid groups (broad SMARTS) is 1. The van der Waals surface area contributed by atoms with Gasteiger partial charge in [-0.3, -0.25) is 14.9 Å².